The zero-order valence-electron chi connectivity index (χ0n) is 22.4. The van der Waals surface area contributed by atoms with Crippen molar-refractivity contribution in [2.45, 2.75) is 31.8 Å². The lowest BCUT2D eigenvalue weighted by atomic mass is 9.94. The van der Waals surface area contributed by atoms with Crippen molar-refractivity contribution < 1.29 is 24.6 Å². The molecule has 11 nitrogen and oxygen atoms in total. The molecule has 1 aromatic heterocycles. The second-order valence-corrected chi connectivity index (χ2v) is 10.3. The Hall–Kier alpha value is -4.09. The minimum absolute atomic E-state index is 0.113. The van der Waals surface area contributed by atoms with Gasteiger partial charge in [0, 0.05) is 56.9 Å². The summed E-state index contributed by atoms with van der Waals surface area (Å²) in [4.78, 5) is 33.8. The van der Waals surface area contributed by atoms with Gasteiger partial charge in [0.2, 0.25) is 5.91 Å². The molecule has 3 aromatic rings. The standard InChI is InChI=1S/C29H36N6O5/c36-28(31-26(29(37)38)16-23-19-33(20-30-23)18-21-4-2-1-3-5-21)22-8-10-35(11-9-22)27-17-24(6-7-25(27)32-39)34-12-14-40-15-13-34/h1-7,17,19-20,22,26,32,39H,8-16,18H2,(H,31,36)(H,37,38)/t26-/m0/s1. The van der Waals surface area contributed by atoms with Gasteiger partial charge in [-0.05, 0) is 36.6 Å². The van der Waals surface area contributed by atoms with Crippen LogP contribution in [0.5, 0.6) is 0 Å². The summed E-state index contributed by atoms with van der Waals surface area (Å²) >= 11 is 0. The number of benzene rings is 2. The Bertz CT molecular complexity index is 1290. The number of nitrogens with one attached hydrogen (secondary N) is 2. The summed E-state index contributed by atoms with van der Waals surface area (Å²) in [5.74, 6) is -1.62. The molecule has 1 amide bonds. The van der Waals surface area contributed by atoms with Crippen LogP contribution in [0.3, 0.4) is 0 Å². The Labute approximate surface area is 233 Å². The van der Waals surface area contributed by atoms with E-state index in [9.17, 15) is 19.9 Å². The number of hydrogen-bond acceptors (Lipinski definition) is 8. The van der Waals surface area contributed by atoms with Gasteiger partial charge in [-0.25, -0.2) is 9.78 Å². The highest BCUT2D eigenvalue weighted by Crippen LogP contribution is 2.34. The minimum atomic E-state index is -1.08. The van der Waals surface area contributed by atoms with Crippen molar-refractivity contribution in [2.75, 3.05) is 54.7 Å². The van der Waals surface area contributed by atoms with Crippen LogP contribution >= 0.6 is 0 Å². The second-order valence-electron chi connectivity index (χ2n) is 10.3. The molecule has 40 heavy (non-hydrogen) atoms. The van der Waals surface area contributed by atoms with Crippen LogP contribution in [0, 0.1) is 5.92 Å². The van der Waals surface area contributed by atoms with E-state index in [0.717, 1.165) is 30.0 Å². The summed E-state index contributed by atoms with van der Waals surface area (Å²) < 4.78 is 7.37. The molecule has 2 saturated heterocycles. The molecule has 0 spiro atoms. The average molecular weight is 549 g/mol. The number of imidazole rings is 1. The van der Waals surface area contributed by atoms with Crippen molar-refractivity contribution in [3.05, 3.63) is 72.3 Å². The molecule has 2 aliphatic heterocycles. The van der Waals surface area contributed by atoms with Gasteiger partial charge < -0.3 is 29.5 Å². The van der Waals surface area contributed by atoms with Crippen molar-refractivity contribution in [3.63, 3.8) is 0 Å². The fourth-order valence-corrected chi connectivity index (χ4v) is 5.37. The maximum Gasteiger partial charge on any atom is 0.326 e. The Kier molecular flexibility index (Phi) is 8.82. The molecule has 11 heteroatoms. The van der Waals surface area contributed by atoms with Gasteiger partial charge in [-0.1, -0.05) is 30.3 Å². The van der Waals surface area contributed by atoms with Crippen molar-refractivity contribution in [1.29, 1.82) is 0 Å². The summed E-state index contributed by atoms with van der Waals surface area (Å²) in [6.45, 7) is 4.85. The number of carbonyl (C=O) groups is 2. The van der Waals surface area contributed by atoms with Gasteiger partial charge in [0.05, 0.1) is 36.6 Å². The smallest absolute Gasteiger partial charge is 0.326 e. The molecule has 2 fully saturated rings. The monoisotopic (exact) mass is 548 g/mol. The number of carbonyl (C=O) groups excluding carboxylic acids is 1. The molecule has 0 bridgehead atoms. The molecule has 2 aromatic carbocycles. The zero-order chi connectivity index (χ0) is 27.9. The molecule has 212 valence electrons. The first-order valence-electron chi connectivity index (χ1n) is 13.7. The van der Waals surface area contributed by atoms with Crippen LogP contribution in [0.15, 0.2) is 61.1 Å². The van der Waals surface area contributed by atoms with Crippen LogP contribution in [-0.4, -0.2) is 77.2 Å². The highest BCUT2D eigenvalue weighted by Gasteiger charge is 2.30. The predicted molar refractivity (Wildman–Crippen MR) is 151 cm³/mol. The summed E-state index contributed by atoms with van der Waals surface area (Å²) in [5.41, 5.74) is 6.58. The first-order chi connectivity index (χ1) is 19.5. The first-order valence-corrected chi connectivity index (χ1v) is 13.7. The number of amides is 1. The molecule has 0 radical (unpaired) electrons. The van der Waals surface area contributed by atoms with E-state index < -0.39 is 12.0 Å². The topological polar surface area (TPSA) is 132 Å². The van der Waals surface area contributed by atoms with Crippen molar-refractivity contribution in [2.24, 2.45) is 5.92 Å². The fraction of sp³-hybridized carbons (Fsp3) is 0.414. The number of anilines is 3. The number of aromatic nitrogens is 2. The van der Waals surface area contributed by atoms with E-state index in [4.69, 9.17) is 4.74 Å². The van der Waals surface area contributed by atoms with E-state index in [1.165, 1.54) is 0 Å². The quantitative estimate of drug-likeness (QED) is 0.282. The molecule has 5 rings (SSSR count). The molecule has 2 aliphatic rings. The number of hydrogen-bond donors (Lipinski definition) is 4. The van der Waals surface area contributed by atoms with Crippen LogP contribution in [0.2, 0.25) is 0 Å². The number of nitrogens with zero attached hydrogens (tertiary/aromatic N) is 4. The molecule has 0 aliphatic carbocycles. The third-order valence-corrected chi connectivity index (χ3v) is 7.61. The van der Waals surface area contributed by atoms with E-state index in [1.54, 1.807) is 6.33 Å². The number of aliphatic carboxylic acids is 1. The third-order valence-electron chi connectivity index (χ3n) is 7.61. The third kappa shape index (κ3) is 6.72. The van der Waals surface area contributed by atoms with Crippen molar-refractivity contribution in [1.82, 2.24) is 14.9 Å². The van der Waals surface area contributed by atoms with Gasteiger partial charge in [0.15, 0.2) is 0 Å². The van der Waals surface area contributed by atoms with Gasteiger partial charge in [-0.2, -0.15) is 0 Å². The second kappa shape index (κ2) is 12.8. The van der Waals surface area contributed by atoms with Crippen molar-refractivity contribution in [3.8, 4) is 0 Å². The Morgan fingerprint density at radius 1 is 1.02 bits per heavy atom. The van der Waals surface area contributed by atoms with E-state index >= 15 is 0 Å². The molecular weight excluding hydrogens is 512 g/mol. The summed E-state index contributed by atoms with van der Waals surface area (Å²) in [5, 5.41) is 22.3. The van der Waals surface area contributed by atoms with Gasteiger partial charge >= 0.3 is 5.97 Å². The van der Waals surface area contributed by atoms with Crippen LogP contribution in [-0.2, 0) is 27.3 Å². The number of rotatable bonds is 10. The molecule has 0 saturated carbocycles. The number of morpholine rings is 1. The maximum absolute atomic E-state index is 13.1. The number of carboxylic acid groups (broad SMARTS) is 1. The lowest BCUT2D eigenvalue weighted by Crippen LogP contribution is -2.47. The largest absolute Gasteiger partial charge is 0.480 e. The van der Waals surface area contributed by atoms with E-state index in [0.29, 0.717) is 57.1 Å². The normalized spacial score (nSPS) is 16.9. The Morgan fingerprint density at radius 2 is 1.77 bits per heavy atom. The Balaban J connectivity index is 1.17. The van der Waals surface area contributed by atoms with E-state index in [1.807, 2.05) is 53.2 Å². The highest BCUT2D eigenvalue weighted by atomic mass is 16.5. The minimum Gasteiger partial charge on any atom is -0.480 e. The van der Waals surface area contributed by atoms with Crippen LogP contribution < -0.4 is 20.6 Å². The number of carboxylic acids is 1. The lowest BCUT2D eigenvalue weighted by Gasteiger charge is -2.35. The average Bonchev–Trinajstić information content (AvgIpc) is 3.44. The van der Waals surface area contributed by atoms with Gasteiger partial charge in [-0.15, -0.1) is 0 Å². The summed E-state index contributed by atoms with van der Waals surface area (Å²) in [6, 6.07) is 14.8. The highest BCUT2D eigenvalue weighted by molar-refractivity contribution is 5.85. The SMILES string of the molecule is O=C(N[C@@H](Cc1cn(Cc2ccccc2)cn1)C(=O)O)C1CCN(c2cc(N3CCOCC3)ccc2NO)CC1. The van der Waals surface area contributed by atoms with Gasteiger partial charge in [0.25, 0.3) is 0 Å². The first kappa shape index (κ1) is 27.5. The molecule has 4 N–H and O–H groups in total. The Morgan fingerprint density at radius 3 is 2.48 bits per heavy atom. The van der Waals surface area contributed by atoms with E-state index in [2.05, 4.69) is 31.6 Å². The molecular formula is C29H36N6O5. The number of piperidine rings is 1. The predicted octanol–water partition coefficient (Wildman–Crippen LogP) is 2.60. The summed E-state index contributed by atoms with van der Waals surface area (Å²) in [6.07, 6.45) is 4.78. The van der Waals surface area contributed by atoms with Gasteiger partial charge in [0.1, 0.15) is 6.04 Å². The molecule has 1 atom stereocenters. The fourth-order valence-electron chi connectivity index (χ4n) is 5.37. The maximum atomic E-state index is 13.1. The molecule has 0 unspecified atom stereocenters. The van der Waals surface area contributed by atoms with E-state index in [-0.39, 0.29) is 18.2 Å². The van der Waals surface area contributed by atoms with Crippen LogP contribution in [0.4, 0.5) is 17.1 Å². The van der Waals surface area contributed by atoms with Crippen LogP contribution in [0.25, 0.3) is 0 Å². The van der Waals surface area contributed by atoms with Crippen molar-refractivity contribution >= 4 is 28.9 Å². The zero-order valence-corrected chi connectivity index (χ0v) is 22.4. The molecule has 3 heterocycles. The van der Waals surface area contributed by atoms with Crippen LogP contribution in [0.1, 0.15) is 24.1 Å². The van der Waals surface area contributed by atoms with Gasteiger partial charge in [-0.3, -0.25) is 15.5 Å². The summed E-state index contributed by atoms with van der Waals surface area (Å²) in [7, 11) is 0. The number of ether oxygens (including phenoxy) is 1. The lowest BCUT2D eigenvalue weighted by molar-refractivity contribution is -0.142.